The molecule has 0 aliphatic carbocycles. The van der Waals surface area contributed by atoms with E-state index >= 15 is 0 Å². The van der Waals surface area contributed by atoms with E-state index in [2.05, 4.69) is 34.2 Å². The third-order valence-corrected chi connectivity index (χ3v) is 3.26. The molecule has 0 aliphatic rings. The van der Waals surface area contributed by atoms with Crippen molar-refractivity contribution < 1.29 is 9.47 Å². The van der Waals surface area contributed by atoms with Gasteiger partial charge in [-0.1, -0.05) is 41.1 Å². The highest BCUT2D eigenvalue weighted by atomic mass is 79.9. The molecule has 18 heavy (non-hydrogen) atoms. The smallest absolute Gasteiger partial charge is 0.0961 e. The zero-order chi connectivity index (χ0) is 13.2. The van der Waals surface area contributed by atoms with Crippen LogP contribution in [0.25, 0.3) is 0 Å². The van der Waals surface area contributed by atoms with E-state index in [-0.39, 0.29) is 6.10 Å². The first-order valence-corrected chi connectivity index (χ1v) is 7.17. The van der Waals surface area contributed by atoms with Gasteiger partial charge in [-0.25, -0.2) is 0 Å². The third kappa shape index (κ3) is 5.48. The molecule has 0 bridgehead atoms. The Hall–Kier alpha value is -0.420. The summed E-state index contributed by atoms with van der Waals surface area (Å²) in [6.45, 7) is 4.96. The lowest BCUT2D eigenvalue weighted by Gasteiger charge is -2.19. The number of likely N-dealkylation sites (N-methyl/N-ethyl adjacent to an activating group) is 1. The maximum atomic E-state index is 5.88. The summed E-state index contributed by atoms with van der Waals surface area (Å²) in [5, 5.41) is 3.16. The Morgan fingerprint density at radius 3 is 2.67 bits per heavy atom. The summed E-state index contributed by atoms with van der Waals surface area (Å²) in [7, 11) is 1.93. The molecule has 0 amide bonds. The van der Waals surface area contributed by atoms with Gasteiger partial charge in [-0.3, -0.25) is 0 Å². The van der Waals surface area contributed by atoms with Gasteiger partial charge in [-0.2, -0.15) is 0 Å². The van der Waals surface area contributed by atoms with E-state index in [1.807, 2.05) is 25.2 Å². The van der Waals surface area contributed by atoms with Crippen LogP contribution in [-0.4, -0.2) is 33.4 Å². The minimum Gasteiger partial charge on any atom is -0.379 e. The largest absolute Gasteiger partial charge is 0.379 e. The second-order valence-electron chi connectivity index (χ2n) is 4.05. The first kappa shape index (κ1) is 15.6. The molecule has 0 heterocycles. The zero-order valence-corrected chi connectivity index (χ0v) is 12.7. The first-order chi connectivity index (χ1) is 8.79. The fourth-order valence-corrected chi connectivity index (χ4v) is 2.22. The van der Waals surface area contributed by atoms with Gasteiger partial charge in [0.2, 0.25) is 0 Å². The predicted octanol–water partition coefficient (Wildman–Crippen LogP) is 3.15. The van der Waals surface area contributed by atoms with E-state index in [1.54, 1.807) is 0 Å². The molecule has 4 heteroatoms. The van der Waals surface area contributed by atoms with Crippen LogP contribution in [0.15, 0.2) is 28.7 Å². The molecular formula is C14H22BrNO2. The van der Waals surface area contributed by atoms with E-state index in [9.17, 15) is 0 Å². The molecule has 1 N–H and O–H groups in total. The fourth-order valence-electron chi connectivity index (χ4n) is 1.68. The van der Waals surface area contributed by atoms with Gasteiger partial charge in [0, 0.05) is 17.6 Å². The molecule has 1 unspecified atom stereocenters. The van der Waals surface area contributed by atoms with Crippen molar-refractivity contribution in [2.45, 2.75) is 19.4 Å². The maximum Gasteiger partial charge on any atom is 0.0961 e. The van der Waals surface area contributed by atoms with Crippen LogP contribution in [0.2, 0.25) is 0 Å². The van der Waals surface area contributed by atoms with Gasteiger partial charge in [0.15, 0.2) is 0 Å². The summed E-state index contributed by atoms with van der Waals surface area (Å²) in [6, 6.07) is 8.15. The van der Waals surface area contributed by atoms with E-state index in [1.165, 1.54) is 5.56 Å². The van der Waals surface area contributed by atoms with Gasteiger partial charge >= 0.3 is 0 Å². The van der Waals surface area contributed by atoms with Crippen LogP contribution in [-0.2, 0) is 9.47 Å². The number of rotatable bonds is 9. The van der Waals surface area contributed by atoms with Crippen molar-refractivity contribution in [1.29, 1.82) is 0 Å². The maximum absolute atomic E-state index is 5.88. The number of nitrogens with one attached hydrogen (secondary N) is 1. The van der Waals surface area contributed by atoms with Crippen LogP contribution in [0.1, 0.15) is 25.0 Å². The van der Waals surface area contributed by atoms with Gasteiger partial charge in [-0.05, 0) is 25.1 Å². The van der Waals surface area contributed by atoms with Crippen LogP contribution < -0.4 is 5.32 Å². The molecule has 1 atom stereocenters. The fraction of sp³-hybridized carbons (Fsp3) is 0.571. The van der Waals surface area contributed by atoms with Crippen molar-refractivity contribution in [3.8, 4) is 0 Å². The van der Waals surface area contributed by atoms with Crippen LogP contribution >= 0.6 is 15.9 Å². The van der Waals surface area contributed by atoms with Crippen molar-refractivity contribution in [2.24, 2.45) is 0 Å². The Kier molecular flexibility index (Phi) is 8.25. The van der Waals surface area contributed by atoms with Gasteiger partial charge in [0.1, 0.15) is 0 Å². The Balaban J connectivity index is 2.47. The van der Waals surface area contributed by atoms with Crippen LogP contribution in [0, 0.1) is 0 Å². The second kappa shape index (κ2) is 9.50. The van der Waals surface area contributed by atoms with Crippen molar-refractivity contribution in [1.82, 2.24) is 5.32 Å². The van der Waals surface area contributed by atoms with E-state index in [0.29, 0.717) is 13.2 Å². The standard InChI is InChI=1S/C14H22BrNO2/c1-3-8-17-9-10-18-14(11-16-2)12-6-4-5-7-13(12)15/h4-7,14,16H,3,8-11H2,1-2H3. The predicted molar refractivity (Wildman–Crippen MR) is 77.9 cm³/mol. The second-order valence-corrected chi connectivity index (χ2v) is 4.91. The molecule has 0 fully saturated rings. The molecule has 102 valence electrons. The monoisotopic (exact) mass is 315 g/mol. The lowest BCUT2D eigenvalue weighted by Crippen LogP contribution is -2.21. The molecule has 0 spiro atoms. The average Bonchev–Trinajstić information content (AvgIpc) is 2.38. The highest BCUT2D eigenvalue weighted by Gasteiger charge is 2.13. The summed E-state index contributed by atoms with van der Waals surface area (Å²) in [4.78, 5) is 0. The number of hydrogen-bond acceptors (Lipinski definition) is 3. The van der Waals surface area contributed by atoms with Crippen LogP contribution in [0.4, 0.5) is 0 Å². The summed E-state index contributed by atoms with van der Waals surface area (Å²) in [6.07, 6.45) is 1.10. The van der Waals surface area contributed by atoms with Gasteiger partial charge in [-0.15, -0.1) is 0 Å². The lowest BCUT2D eigenvalue weighted by molar-refractivity contribution is 0.00469. The van der Waals surface area contributed by atoms with Crippen LogP contribution in [0.3, 0.4) is 0 Å². The average molecular weight is 316 g/mol. The Bertz CT molecular complexity index is 333. The normalized spacial score (nSPS) is 12.6. The highest BCUT2D eigenvalue weighted by Crippen LogP contribution is 2.25. The quantitative estimate of drug-likeness (QED) is 0.710. The molecule has 1 aromatic carbocycles. The minimum absolute atomic E-state index is 0.0517. The first-order valence-electron chi connectivity index (χ1n) is 6.38. The molecule has 1 aromatic rings. The highest BCUT2D eigenvalue weighted by molar-refractivity contribution is 9.10. The zero-order valence-electron chi connectivity index (χ0n) is 11.1. The van der Waals surface area contributed by atoms with Gasteiger partial charge in [0.25, 0.3) is 0 Å². The number of ether oxygens (including phenoxy) is 2. The SMILES string of the molecule is CCCOCCOC(CNC)c1ccccc1Br. The Morgan fingerprint density at radius 2 is 2.00 bits per heavy atom. The van der Waals surface area contributed by atoms with Crippen molar-refractivity contribution in [3.63, 3.8) is 0 Å². The van der Waals surface area contributed by atoms with Crippen molar-refractivity contribution in [3.05, 3.63) is 34.3 Å². The van der Waals surface area contributed by atoms with Gasteiger partial charge < -0.3 is 14.8 Å². The molecule has 0 radical (unpaired) electrons. The topological polar surface area (TPSA) is 30.5 Å². The number of halogens is 1. The Labute approximate surface area is 118 Å². The molecule has 0 aromatic heterocycles. The van der Waals surface area contributed by atoms with E-state index in [0.717, 1.165) is 24.0 Å². The molecule has 3 nitrogen and oxygen atoms in total. The minimum atomic E-state index is 0.0517. The summed E-state index contributed by atoms with van der Waals surface area (Å²) in [5.41, 5.74) is 1.17. The van der Waals surface area contributed by atoms with Crippen molar-refractivity contribution in [2.75, 3.05) is 33.4 Å². The molecule has 0 saturated heterocycles. The summed E-state index contributed by atoms with van der Waals surface area (Å²) >= 11 is 3.56. The summed E-state index contributed by atoms with van der Waals surface area (Å²) < 4.78 is 12.4. The molecule has 0 aliphatic heterocycles. The van der Waals surface area contributed by atoms with Crippen LogP contribution in [0.5, 0.6) is 0 Å². The number of hydrogen-bond donors (Lipinski definition) is 1. The molecule has 0 saturated carbocycles. The summed E-state index contributed by atoms with van der Waals surface area (Å²) in [5.74, 6) is 0. The lowest BCUT2D eigenvalue weighted by atomic mass is 10.1. The third-order valence-electron chi connectivity index (χ3n) is 2.54. The Morgan fingerprint density at radius 1 is 1.22 bits per heavy atom. The molecular weight excluding hydrogens is 294 g/mol. The van der Waals surface area contributed by atoms with E-state index < -0.39 is 0 Å². The van der Waals surface area contributed by atoms with E-state index in [4.69, 9.17) is 9.47 Å². The van der Waals surface area contributed by atoms with Gasteiger partial charge in [0.05, 0.1) is 19.3 Å². The molecule has 1 rings (SSSR count). The van der Waals surface area contributed by atoms with Crippen molar-refractivity contribution >= 4 is 15.9 Å². The number of benzene rings is 1.